The van der Waals surface area contributed by atoms with Gasteiger partial charge in [-0.15, -0.1) is 0 Å². The van der Waals surface area contributed by atoms with Crippen LogP contribution in [0.25, 0.3) is 0 Å². The fourth-order valence-corrected chi connectivity index (χ4v) is 3.60. The van der Waals surface area contributed by atoms with E-state index in [1.165, 1.54) is 19.3 Å². The van der Waals surface area contributed by atoms with Gasteiger partial charge in [0.2, 0.25) is 0 Å². The maximum atomic E-state index is 10.8. The molecule has 1 aliphatic carbocycles. The molecule has 0 aliphatic heterocycles. The van der Waals surface area contributed by atoms with E-state index < -0.39 is 10.4 Å². The van der Waals surface area contributed by atoms with Crippen LogP contribution in [0.2, 0.25) is 0 Å². The molecule has 1 aliphatic rings. The molecule has 0 aromatic heterocycles. The lowest BCUT2D eigenvalue weighted by Crippen LogP contribution is -2.28. The minimum atomic E-state index is -4.47. The highest BCUT2D eigenvalue weighted by molar-refractivity contribution is 7.81. The van der Waals surface area contributed by atoms with Gasteiger partial charge in [-0.3, -0.25) is 4.55 Å². The highest BCUT2D eigenvalue weighted by atomic mass is 32.3. The van der Waals surface area contributed by atoms with Gasteiger partial charge in [0.1, 0.15) is 5.75 Å². The predicted molar refractivity (Wildman–Crippen MR) is 81.9 cm³/mol. The monoisotopic (exact) mass is 313 g/mol. The standard InChI is InChI=1S/C15H23NO4S/c1-16(2)11-13-6-3-4-9-15(13)12-7-5-8-14(10-12)20-21(17,18)19/h5,7-8,10,13,15H,3-4,6,9,11H2,1-2H3,(H,17,18,19). The predicted octanol–water partition coefficient (Wildman–Crippen LogP) is 2.70. The summed E-state index contributed by atoms with van der Waals surface area (Å²) < 4.78 is 35.0. The van der Waals surface area contributed by atoms with Crippen LogP contribution >= 0.6 is 0 Å². The summed E-state index contributed by atoms with van der Waals surface area (Å²) in [5.41, 5.74) is 1.09. The molecule has 0 heterocycles. The highest BCUT2D eigenvalue weighted by Crippen LogP contribution is 2.39. The van der Waals surface area contributed by atoms with Crippen molar-refractivity contribution >= 4 is 10.4 Å². The van der Waals surface area contributed by atoms with Crippen LogP contribution in [0.4, 0.5) is 0 Å². The number of benzene rings is 1. The van der Waals surface area contributed by atoms with Crippen LogP contribution in [0.3, 0.4) is 0 Å². The fraction of sp³-hybridized carbons (Fsp3) is 0.600. The molecular weight excluding hydrogens is 290 g/mol. The molecule has 0 radical (unpaired) electrons. The van der Waals surface area contributed by atoms with E-state index in [0.29, 0.717) is 11.8 Å². The maximum Gasteiger partial charge on any atom is 0.446 e. The van der Waals surface area contributed by atoms with Gasteiger partial charge in [-0.05, 0) is 56.5 Å². The fourth-order valence-electron chi connectivity index (χ4n) is 3.25. The largest absolute Gasteiger partial charge is 0.446 e. The Bertz CT molecular complexity index is 571. The molecule has 1 fully saturated rings. The molecule has 0 spiro atoms. The molecule has 118 valence electrons. The zero-order valence-electron chi connectivity index (χ0n) is 12.5. The third-order valence-electron chi connectivity index (χ3n) is 4.00. The summed E-state index contributed by atoms with van der Waals surface area (Å²) in [6, 6.07) is 7.06. The summed E-state index contributed by atoms with van der Waals surface area (Å²) in [6.45, 7) is 1.02. The summed E-state index contributed by atoms with van der Waals surface area (Å²) in [5.74, 6) is 1.14. The topological polar surface area (TPSA) is 66.8 Å². The first-order valence-corrected chi connectivity index (χ1v) is 8.63. The van der Waals surface area contributed by atoms with E-state index in [0.717, 1.165) is 18.5 Å². The van der Waals surface area contributed by atoms with E-state index >= 15 is 0 Å². The summed E-state index contributed by atoms with van der Waals surface area (Å²) in [7, 11) is -0.320. The van der Waals surface area contributed by atoms with E-state index in [1.54, 1.807) is 18.2 Å². The van der Waals surface area contributed by atoms with Gasteiger partial charge in [0.25, 0.3) is 0 Å². The molecule has 2 unspecified atom stereocenters. The number of hydrogen-bond acceptors (Lipinski definition) is 4. The van der Waals surface area contributed by atoms with Crippen LogP contribution in [0.1, 0.15) is 37.2 Å². The summed E-state index contributed by atoms with van der Waals surface area (Å²) in [5, 5.41) is 0. The Morgan fingerprint density at radius 2 is 2.00 bits per heavy atom. The van der Waals surface area contributed by atoms with Crippen LogP contribution in [0.15, 0.2) is 24.3 Å². The van der Waals surface area contributed by atoms with Crippen molar-refractivity contribution in [3.05, 3.63) is 29.8 Å². The average molecular weight is 313 g/mol. The summed E-state index contributed by atoms with van der Waals surface area (Å²) >= 11 is 0. The number of hydrogen-bond donors (Lipinski definition) is 1. The molecule has 1 N–H and O–H groups in total. The van der Waals surface area contributed by atoms with Crippen LogP contribution in [-0.2, 0) is 10.4 Å². The Morgan fingerprint density at radius 3 is 2.67 bits per heavy atom. The summed E-state index contributed by atoms with van der Waals surface area (Å²) in [4.78, 5) is 2.20. The minimum absolute atomic E-state index is 0.171. The maximum absolute atomic E-state index is 10.8. The van der Waals surface area contributed by atoms with Crippen LogP contribution in [0.5, 0.6) is 5.75 Å². The van der Waals surface area contributed by atoms with E-state index in [1.807, 2.05) is 6.07 Å². The van der Waals surface area contributed by atoms with Crippen molar-refractivity contribution < 1.29 is 17.2 Å². The Balaban J connectivity index is 2.20. The molecule has 1 saturated carbocycles. The van der Waals surface area contributed by atoms with Crippen molar-refractivity contribution in [1.82, 2.24) is 4.90 Å². The van der Waals surface area contributed by atoms with Gasteiger partial charge in [0, 0.05) is 6.54 Å². The molecule has 1 aromatic rings. The molecule has 0 bridgehead atoms. The Labute approximate surface area is 126 Å². The van der Waals surface area contributed by atoms with Crippen molar-refractivity contribution in [2.45, 2.75) is 31.6 Å². The van der Waals surface area contributed by atoms with Gasteiger partial charge < -0.3 is 9.08 Å². The third kappa shape index (κ3) is 4.98. The van der Waals surface area contributed by atoms with E-state index in [4.69, 9.17) is 4.55 Å². The van der Waals surface area contributed by atoms with Crippen LogP contribution in [-0.4, -0.2) is 38.5 Å². The Morgan fingerprint density at radius 1 is 1.29 bits per heavy atom. The number of nitrogens with zero attached hydrogens (tertiary/aromatic N) is 1. The number of rotatable bonds is 5. The van der Waals surface area contributed by atoms with Gasteiger partial charge in [0.05, 0.1) is 0 Å². The molecule has 0 amide bonds. The molecule has 6 heteroatoms. The first kappa shape index (κ1) is 16.3. The minimum Gasteiger partial charge on any atom is -0.362 e. The lowest BCUT2D eigenvalue weighted by molar-refractivity contribution is 0.233. The normalized spacial score (nSPS) is 23.2. The smallest absolute Gasteiger partial charge is 0.362 e. The Kier molecular flexibility index (Phi) is 5.24. The molecule has 2 rings (SSSR count). The zero-order valence-corrected chi connectivity index (χ0v) is 13.3. The van der Waals surface area contributed by atoms with Gasteiger partial charge >= 0.3 is 10.4 Å². The molecule has 5 nitrogen and oxygen atoms in total. The third-order valence-corrected chi connectivity index (χ3v) is 4.40. The average Bonchev–Trinajstić information content (AvgIpc) is 2.37. The van der Waals surface area contributed by atoms with Crippen molar-refractivity contribution in [1.29, 1.82) is 0 Å². The molecule has 1 aromatic carbocycles. The van der Waals surface area contributed by atoms with Gasteiger partial charge in [-0.2, -0.15) is 8.42 Å². The SMILES string of the molecule is CN(C)CC1CCCCC1c1cccc(OS(=O)(=O)O)c1. The second kappa shape index (κ2) is 6.77. The summed E-state index contributed by atoms with van der Waals surface area (Å²) in [6.07, 6.45) is 4.73. The second-order valence-electron chi connectivity index (χ2n) is 6.00. The zero-order chi connectivity index (χ0) is 15.5. The van der Waals surface area contributed by atoms with Gasteiger partial charge in [-0.1, -0.05) is 25.0 Å². The van der Waals surface area contributed by atoms with Crippen molar-refractivity contribution in [2.75, 3.05) is 20.6 Å². The lowest BCUT2D eigenvalue weighted by atomic mass is 9.75. The van der Waals surface area contributed by atoms with Crippen LogP contribution < -0.4 is 4.18 Å². The second-order valence-corrected chi connectivity index (χ2v) is 7.02. The Hall–Kier alpha value is -1.11. The van der Waals surface area contributed by atoms with Crippen molar-refractivity contribution in [3.8, 4) is 5.75 Å². The van der Waals surface area contributed by atoms with E-state index in [-0.39, 0.29) is 5.75 Å². The first-order chi connectivity index (χ1) is 9.85. The van der Waals surface area contributed by atoms with Gasteiger partial charge in [-0.25, -0.2) is 0 Å². The highest BCUT2D eigenvalue weighted by Gasteiger charge is 2.27. The quantitative estimate of drug-likeness (QED) is 0.847. The van der Waals surface area contributed by atoms with Crippen molar-refractivity contribution in [3.63, 3.8) is 0 Å². The van der Waals surface area contributed by atoms with E-state index in [2.05, 4.69) is 23.2 Å². The lowest BCUT2D eigenvalue weighted by Gasteiger charge is -2.33. The van der Waals surface area contributed by atoms with E-state index in [9.17, 15) is 8.42 Å². The van der Waals surface area contributed by atoms with Crippen LogP contribution in [0, 0.1) is 5.92 Å². The molecule has 0 saturated heterocycles. The van der Waals surface area contributed by atoms with Gasteiger partial charge in [0.15, 0.2) is 0 Å². The molecular formula is C15H23NO4S. The first-order valence-electron chi connectivity index (χ1n) is 7.27. The molecule has 21 heavy (non-hydrogen) atoms. The van der Waals surface area contributed by atoms with Crippen molar-refractivity contribution in [2.24, 2.45) is 5.92 Å². The molecule has 2 atom stereocenters.